The van der Waals surface area contributed by atoms with Gasteiger partial charge in [-0.2, -0.15) is 0 Å². The van der Waals surface area contributed by atoms with Crippen LogP contribution in [-0.2, 0) is 14.3 Å². The van der Waals surface area contributed by atoms with Crippen molar-refractivity contribution < 1.29 is 19.4 Å². The molecule has 1 N–H and O–H groups in total. The van der Waals surface area contributed by atoms with Crippen LogP contribution in [0.3, 0.4) is 0 Å². The van der Waals surface area contributed by atoms with E-state index in [4.69, 9.17) is 5.11 Å². The molecule has 0 fully saturated rings. The summed E-state index contributed by atoms with van der Waals surface area (Å²) in [6.45, 7) is 1.58. The molecule has 60 valence electrons. The van der Waals surface area contributed by atoms with Crippen LogP contribution in [0.1, 0.15) is 6.92 Å². The maximum atomic E-state index is 10.6. The lowest BCUT2D eigenvalue weighted by Crippen LogP contribution is -2.33. The average molecular weight is 148 g/mol. The summed E-state index contributed by atoms with van der Waals surface area (Å²) in [5.41, 5.74) is 0. The molecule has 0 heterocycles. The van der Waals surface area contributed by atoms with E-state index in [2.05, 4.69) is 9.47 Å². The van der Waals surface area contributed by atoms with Gasteiger partial charge in [0.2, 0.25) is 0 Å². The van der Waals surface area contributed by atoms with E-state index in [9.17, 15) is 4.79 Å². The number of aliphatic hydroxyl groups is 1. The van der Waals surface area contributed by atoms with Crippen LogP contribution in [0, 0.1) is 0 Å². The van der Waals surface area contributed by atoms with Crippen LogP contribution in [0.25, 0.3) is 0 Å². The van der Waals surface area contributed by atoms with Gasteiger partial charge >= 0.3 is 5.97 Å². The molecule has 0 rings (SSSR count). The van der Waals surface area contributed by atoms with Crippen LogP contribution in [0.2, 0.25) is 0 Å². The van der Waals surface area contributed by atoms with Gasteiger partial charge in [-0.25, -0.2) is 4.79 Å². The molecule has 2 atom stereocenters. The Morgan fingerprint density at radius 2 is 2.00 bits per heavy atom. The molecular formula is C6H12O4. The van der Waals surface area contributed by atoms with E-state index in [1.165, 1.54) is 14.2 Å². The highest BCUT2D eigenvalue weighted by Crippen LogP contribution is 1.97. The standard InChI is InChI=1S/C6H12O4/c1-4(9-2)5(7)6(8)10-3/h4-5,7H,1-3H3/t4-,5+/m0/s1. The highest BCUT2D eigenvalue weighted by Gasteiger charge is 2.22. The third-order valence-electron chi connectivity index (χ3n) is 1.26. The zero-order valence-electron chi connectivity index (χ0n) is 6.33. The number of ether oxygens (including phenoxy) is 2. The lowest BCUT2D eigenvalue weighted by Gasteiger charge is -2.13. The Bertz CT molecular complexity index is 112. The average Bonchev–Trinajstić information content (AvgIpc) is 2.00. The fraction of sp³-hybridized carbons (Fsp3) is 0.833. The number of carbonyl (C=O) groups excluding carboxylic acids is 1. The molecular weight excluding hydrogens is 136 g/mol. The van der Waals surface area contributed by atoms with E-state index in [0.717, 1.165) is 0 Å². The number of rotatable bonds is 3. The van der Waals surface area contributed by atoms with Gasteiger partial charge in [-0.15, -0.1) is 0 Å². The fourth-order valence-corrected chi connectivity index (χ4v) is 0.441. The first kappa shape index (κ1) is 9.39. The summed E-state index contributed by atoms with van der Waals surface area (Å²) in [6, 6.07) is 0. The topological polar surface area (TPSA) is 55.8 Å². The van der Waals surface area contributed by atoms with E-state index in [0.29, 0.717) is 0 Å². The summed E-state index contributed by atoms with van der Waals surface area (Å²) in [6.07, 6.45) is -1.71. The van der Waals surface area contributed by atoms with Gasteiger partial charge in [0.15, 0.2) is 6.10 Å². The van der Waals surface area contributed by atoms with Crippen molar-refractivity contribution in [1.82, 2.24) is 0 Å². The first-order valence-electron chi connectivity index (χ1n) is 2.92. The summed E-state index contributed by atoms with van der Waals surface area (Å²) < 4.78 is 8.95. The normalized spacial score (nSPS) is 16.0. The molecule has 0 aliphatic rings. The maximum absolute atomic E-state index is 10.6. The number of carbonyl (C=O) groups is 1. The zero-order valence-corrected chi connectivity index (χ0v) is 6.33. The number of hydrogen-bond acceptors (Lipinski definition) is 4. The number of aliphatic hydroxyl groups excluding tert-OH is 1. The summed E-state index contributed by atoms with van der Waals surface area (Å²) in [7, 11) is 2.63. The van der Waals surface area contributed by atoms with Crippen LogP contribution in [-0.4, -0.2) is 37.5 Å². The van der Waals surface area contributed by atoms with Gasteiger partial charge in [0.1, 0.15) is 0 Å². The number of methoxy groups -OCH3 is 2. The third kappa shape index (κ3) is 2.33. The first-order valence-corrected chi connectivity index (χ1v) is 2.92. The third-order valence-corrected chi connectivity index (χ3v) is 1.26. The van der Waals surface area contributed by atoms with Crippen LogP contribution < -0.4 is 0 Å². The van der Waals surface area contributed by atoms with Crippen molar-refractivity contribution in [3.8, 4) is 0 Å². The second kappa shape index (κ2) is 4.24. The summed E-state index contributed by atoms with van der Waals surface area (Å²) >= 11 is 0. The minimum atomic E-state index is -1.19. The zero-order chi connectivity index (χ0) is 8.15. The Hall–Kier alpha value is -0.610. The van der Waals surface area contributed by atoms with E-state index in [1.54, 1.807) is 6.92 Å². The van der Waals surface area contributed by atoms with Gasteiger partial charge in [-0.05, 0) is 6.92 Å². The van der Waals surface area contributed by atoms with Crippen LogP contribution in [0.4, 0.5) is 0 Å². The van der Waals surface area contributed by atoms with Crippen molar-refractivity contribution in [3.05, 3.63) is 0 Å². The van der Waals surface area contributed by atoms with Gasteiger partial charge in [0, 0.05) is 7.11 Å². The van der Waals surface area contributed by atoms with Crippen molar-refractivity contribution in [2.45, 2.75) is 19.1 Å². The predicted octanol–water partition coefficient (Wildman–Crippen LogP) is -0.445. The molecule has 0 unspecified atom stereocenters. The lowest BCUT2D eigenvalue weighted by molar-refractivity contribution is -0.157. The van der Waals surface area contributed by atoms with E-state index < -0.39 is 18.2 Å². The van der Waals surface area contributed by atoms with Crippen LogP contribution in [0.5, 0.6) is 0 Å². The van der Waals surface area contributed by atoms with Gasteiger partial charge in [0.05, 0.1) is 13.2 Å². The molecule has 0 spiro atoms. The number of hydrogen-bond donors (Lipinski definition) is 1. The summed E-state index contributed by atoms with van der Waals surface area (Å²) in [5.74, 6) is -0.672. The summed E-state index contributed by atoms with van der Waals surface area (Å²) in [4.78, 5) is 10.6. The van der Waals surface area contributed by atoms with Crippen LogP contribution >= 0.6 is 0 Å². The fourth-order valence-electron chi connectivity index (χ4n) is 0.441. The van der Waals surface area contributed by atoms with E-state index in [-0.39, 0.29) is 0 Å². The molecule has 0 saturated heterocycles. The largest absolute Gasteiger partial charge is 0.467 e. The highest BCUT2D eigenvalue weighted by atomic mass is 16.5. The Morgan fingerprint density at radius 3 is 2.30 bits per heavy atom. The first-order chi connectivity index (χ1) is 4.63. The van der Waals surface area contributed by atoms with Crippen molar-refractivity contribution in [1.29, 1.82) is 0 Å². The maximum Gasteiger partial charge on any atom is 0.337 e. The second-order valence-corrected chi connectivity index (χ2v) is 1.91. The van der Waals surface area contributed by atoms with Gasteiger partial charge in [0.25, 0.3) is 0 Å². The molecule has 4 heteroatoms. The molecule has 0 aromatic heterocycles. The SMILES string of the molecule is COC(=O)[C@H](O)[C@H](C)OC. The molecule has 0 saturated carbocycles. The Labute approximate surface area is 59.7 Å². The monoisotopic (exact) mass is 148 g/mol. The van der Waals surface area contributed by atoms with E-state index in [1.807, 2.05) is 0 Å². The smallest absolute Gasteiger partial charge is 0.337 e. The van der Waals surface area contributed by atoms with E-state index >= 15 is 0 Å². The molecule has 4 nitrogen and oxygen atoms in total. The Morgan fingerprint density at radius 1 is 1.50 bits per heavy atom. The van der Waals surface area contributed by atoms with Gasteiger partial charge in [-0.3, -0.25) is 0 Å². The molecule has 10 heavy (non-hydrogen) atoms. The minimum absolute atomic E-state index is 0.521. The molecule has 0 amide bonds. The highest BCUT2D eigenvalue weighted by molar-refractivity contribution is 5.74. The van der Waals surface area contributed by atoms with Crippen LogP contribution in [0.15, 0.2) is 0 Å². The van der Waals surface area contributed by atoms with Crippen molar-refractivity contribution in [2.75, 3.05) is 14.2 Å². The Balaban J connectivity index is 3.81. The molecule has 0 aliphatic heterocycles. The molecule has 0 aromatic carbocycles. The molecule has 0 bridgehead atoms. The van der Waals surface area contributed by atoms with Crippen molar-refractivity contribution in [2.24, 2.45) is 0 Å². The minimum Gasteiger partial charge on any atom is -0.467 e. The molecule has 0 aliphatic carbocycles. The van der Waals surface area contributed by atoms with Gasteiger partial charge in [-0.1, -0.05) is 0 Å². The molecule has 0 aromatic rings. The molecule has 0 radical (unpaired) electrons. The van der Waals surface area contributed by atoms with Crippen molar-refractivity contribution in [3.63, 3.8) is 0 Å². The Kier molecular flexibility index (Phi) is 3.99. The van der Waals surface area contributed by atoms with Gasteiger partial charge < -0.3 is 14.6 Å². The quantitative estimate of drug-likeness (QED) is 0.551. The second-order valence-electron chi connectivity index (χ2n) is 1.91. The predicted molar refractivity (Wildman–Crippen MR) is 34.5 cm³/mol. The van der Waals surface area contributed by atoms with Crippen molar-refractivity contribution >= 4 is 5.97 Å². The number of esters is 1. The lowest BCUT2D eigenvalue weighted by atomic mass is 10.2. The summed E-state index contributed by atoms with van der Waals surface area (Å²) in [5, 5.41) is 8.99.